The average Bonchev–Trinajstić information content (AvgIpc) is 3.06. The molecule has 23 heavy (non-hydrogen) atoms. The first-order chi connectivity index (χ1) is 11.1. The largest absolute Gasteiger partial charge is 0.381 e. The first-order valence-electron chi connectivity index (χ1n) is 7.61. The van der Waals surface area contributed by atoms with Crippen LogP contribution in [0.25, 0.3) is 11.4 Å². The molecule has 0 spiro atoms. The molecule has 1 fully saturated rings. The van der Waals surface area contributed by atoms with Crippen molar-refractivity contribution < 1.29 is 14.1 Å². The summed E-state index contributed by atoms with van der Waals surface area (Å²) in [5.74, 6) is 0.701. The lowest BCUT2D eigenvalue weighted by Gasteiger charge is -2.22. The third-order valence-corrected chi connectivity index (χ3v) is 4.06. The third kappa shape index (κ3) is 3.89. The molecule has 0 radical (unpaired) electrons. The fourth-order valence-corrected chi connectivity index (χ4v) is 2.59. The summed E-state index contributed by atoms with van der Waals surface area (Å²) in [6.07, 6.45) is 1.76. The van der Waals surface area contributed by atoms with Crippen LogP contribution in [-0.2, 0) is 9.53 Å². The second-order valence-electron chi connectivity index (χ2n) is 5.61. The Bertz CT molecular complexity index is 665. The fraction of sp³-hybridized carbons (Fsp3) is 0.438. The van der Waals surface area contributed by atoms with Crippen LogP contribution in [0.4, 0.5) is 0 Å². The van der Waals surface area contributed by atoms with Gasteiger partial charge in [0.15, 0.2) is 0 Å². The first kappa shape index (κ1) is 16.0. The van der Waals surface area contributed by atoms with Gasteiger partial charge in [-0.2, -0.15) is 4.98 Å². The quantitative estimate of drug-likeness (QED) is 0.929. The van der Waals surface area contributed by atoms with Gasteiger partial charge in [-0.3, -0.25) is 4.79 Å². The topological polar surface area (TPSA) is 77.2 Å². The number of amides is 1. The third-order valence-electron chi connectivity index (χ3n) is 3.80. The van der Waals surface area contributed by atoms with Crippen LogP contribution in [0.5, 0.6) is 0 Å². The van der Waals surface area contributed by atoms with Gasteiger partial charge in [-0.1, -0.05) is 16.8 Å². The summed E-state index contributed by atoms with van der Waals surface area (Å²) in [7, 11) is 0. The number of nitrogens with one attached hydrogen (secondary N) is 1. The second kappa shape index (κ2) is 7.10. The zero-order valence-electron chi connectivity index (χ0n) is 12.8. The molecule has 2 heterocycles. The number of rotatable bonds is 4. The zero-order chi connectivity index (χ0) is 16.2. The molecule has 6 nitrogen and oxygen atoms in total. The minimum Gasteiger partial charge on any atom is -0.381 e. The molecule has 0 aliphatic carbocycles. The molecular weight excluding hydrogens is 318 g/mol. The highest BCUT2D eigenvalue weighted by Gasteiger charge is 2.25. The van der Waals surface area contributed by atoms with Gasteiger partial charge < -0.3 is 14.6 Å². The smallest absolute Gasteiger partial charge is 0.249 e. The van der Waals surface area contributed by atoms with E-state index in [0.29, 0.717) is 23.3 Å². The van der Waals surface area contributed by atoms with Gasteiger partial charge >= 0.3 is 0 Å². The van der Waals surface area contributed by atoms with Crippen LogP contribution in [0.3, 0.4) is 0 Å². The number of aromatic nitrogens is 2. The molecule has 2 atom stereocenters. The van der Waals surface area contributed by atoms with Gasteiger partial charge in [0.25, 0.3) is 0 Å². The number of ether oxygens (including phenoxy) is 1. The number of benzene rings is 1. The van der Waals surface area contributed by atoms with E-state index in [4.69, 9.17) is 20.9 Å². The molecule has 7 heteroatoms. The first-order valence-corrected chi connectivity index (χ1v) is 7.99. The SMILES string of the molecule is C[C@@H](NC(=O)[C@H]1CCCOC1)c1nc(-c2ccc(Cl)cc2)no1. The van der Waals surface area contributed by atoms with Gasteiger partial charge in [-0.25, -0.2) is 0 Å². The van der Waals surface area contributed by atoms with Crippen LogP contribution in [0.1, 0.15) is 31.7 Å². The zero-order valence-corrected chi connectivity index (χ0v) is 13.5. The number of nitrogens with zero attached hydrogens (tertiary/aromatic N) is 2. The molecule has 3 rings (SSSR count). The Morgan fingerprint density at radius 3 is 2.87 bits per heavy atom. The number of carbonyl (C=O) groups is 1. The molecule has 0 unspecified atom stereocenters. The Balaban J connectivity index is 1.64. The summed E-state index contributed by atoms with van der Waals surface area (Å²) in [4.78, 5) is 16.5. The van der Waals surface area contributed by atoms with E-state index in [1.165, 1.54) is 0 Å². The van der Waals surface area contributed by atoms with E-state index >= 15 is 0 Å². The predicted molar refractivity (Wildman–Crippen MR) is 84.8 cm³/mol. The molecule has 2 aromatic rings. The Morgan fingerprint density at radius 1 is 1.39 bits per heavy atom. The van der Waals surface area contributed by atoms with Crippen molar-refractivity contribution in [3.8, 4) is 11.4 Å². The fourth-order valence-electron chi connectivity index (χ4n) is 2.47. The normalized spacial score (nSPS) is 19.3. The Kier molecular flexibility index (Phi) is 4.93. The molecule has 1 aliphatic heterocycles. The van der Waals surface area contributed by atoms with Gasteiger partial charge in [-0.15, -0.1) is 0 Å². The van der Waals surface area contributed by atoms with Gasteiger partial charge in [0.2, 0.25) is 17.6 Å². The van der Waals surface area contributed by atoms with Crippen molar-refractivity contribution in [2.75, 3.05) is 13.2 Å². The number of carbonyl (C=O) groups excluding carboxylic acids is 1. The van der Waals surface area contributed by atoms with E-state index in [9.17, 15) is 4.79 Å². The molecule has 0 saturated carbocycles. The van der Waals surface area contributed by atoms with E-state index in [0.717, 1.165) is 25.0 Å². The standard InChI is InChI=1S/C16H18ClN3O3/c1-10(18-15(21)12-3-2-8-22-9-12)16-19-14(20-23-16)11-4-6-13(17)7-5-11/h4-7,10,12H,2-3,8-9H2,1H3,(H,18,21)/t10-,12+/m1/s1. The van der Waals surface area contributed by atoms with Crippen LogP contribution >= 0.6 is 11.6 Å². The number of hydrogen-bond donors (Lipinski definition) is 1. The van der Waals surface area contributed by atoms with E-state index in [-0.39, 0.29) is 17.9 Å². The van der Waals surface area contributed by atoms with Gasteiger partial charge in [0.05, 0.1) is 12.5 Å². The summed E-state index contributed by atoms with van der Waals surface area (Å²) in [6, 6.07) is 6.82. The minimum absolute atomic E-state index is 0.0385. The monoisotopic (exact) mass is 335 g/mol. The lowest BCUT2D eigenvalue weighted by molar-refractivity contribution is -0.129. The highest BCUT2D eigenvalue weighted by molar-refractivity contribution is 6.30. The van der Waals surface area contributed by atoms with Crippen LogP contribution < -0.4 is 5.32 Å². The van der Waals surface area contributed by atoms with Crippen molar-refractivity contribution in [2.24, 2.45) is 5.92 Å². The van der Waals surface area contributed by atoms with Crippen molar-refractivity contribution in [3.05, 3.63) is 35.2 Å². The van der Waals surface area contributed by atoms with Crippen LogP contribution in [0.2, 0.25) is 5.02 Å². The maximum absolute atomic E-state index is 12.2. The molecule has 1 aromatic carbocycles. The molecule has 1 amide bonds. The summed E-state index contributed by atoms with van der Waals surface area (Å²) in [5.41, 5.74) is 0.809. The van der Waals surface area contributed by atoms with E-state index < -0.39 is 0 Å². The molecule has 1 N–H and O–H groups in total. The maximum Gasteiger partial charge on any atom is 0.249 e. The Hall–Kier alpha value is -1.92. The van der Waals surface area contributed by atoms with E-state index in [1.54, 1.807) is 12.1 Å². The van der Waals surface area contributed by atoms with Crippen molar-refractivity contribution in [1.29, 1.82) is 0 Å². The lowest BCUT2D eigenvalue weighted by atomic mass is 10.0. The van der Waals surface area contributed by atoms with Crippen LogP contribution in [-0.4, -0.2) is 29.3 Å². The second-order valence-corrected chi connectivity index (χ2v) is 6.04. The van der Waals surface area contributed by atoms with Crippen molar-refractivity contribution >= 4 is 17.5 Å². The highest BCUT2D eigenvalue weighted by Crippen LogP contribution is 2.21. The Morgan fingerprint density at radius 2 is 2.17 bits per heavy atom. The number of halogens is 1. The highest BCUT2D eigenvalue weighted by atomic mass is 35.5. The molecule has 0 bridgehead atoms. The lowest BCUT2D eigenvalue weighted by Crippen LogP contribution is -2.37. The molecule has 1 aromatic heterocycles. The van der Waals surface area contributed by atoms with Crippen LogP contribution in [0, 0.1) is 5.92 Å². The summed E-state index contributed by atoms with van der Waals surface area (Å²) in [5, 5.41) is 7.50. The van der Waals surface area contributed by atoms with Crippen LogP contribution in [0.15, 0.2) is 28.8 Å². The van der Waals surface area contributed by atoms with E-state index in [1.807, 2.05) is 19.1 Å². The van der Waals surface area contributed by atoms with Crippen molar-refractivity contribution in [3.63, 3.8) is 0 Å². The van der Waals surface area contributed by atoms with Crippen molar-refractivity contribution in [1.82, 2.24) is 15.5 Å². The summed E-state index contributed by atoms with van der Waals surface area (Å²) >= 11 is 5.86. The van der Waals surface area contributed by atoms with Crippen molar-refractivity contribution in [2.45, 2.75) is 25.8 Å². The Labute approximate surface area is 139 Å². The molecular formula is C16H18ClN3O3. The van der Waals surface area contributed by atoms with Gasteiger partial charge in [0, 0.05) is 17.2 Å². The molecule has 1 aliphatic rings. The van der Waals surface area contributed by atoms with Gasteiger partial charge in [0.1, 0.15) is 6.04 Å². The number of hydrogen-bond acceptors (Lipinski definition) is 5. The molecule has 1 saturated heterocycles. The average molecular weight is 336 g/mol. The van der Waals surface area contributed by atoms with E-state index in [2.05, 4.69) is 15.5 Å². The summed E-state index contributed by atoms with van der Waals surface area (Å²) < 4.78 is 10.6. The van der Waals surface area contributed by atoms with Gasteiger partial charge in [-0.05, 0) is 44.0 Å². The summed E-state index contributed by atoms with van der Waals surface area (Å²) in [6.45, 7) is 3.02. The minimum atomic E-state index is -0.349. The predicted octanol–water partition coefficient (Wildman–Crippen LogP) is 2.99. The molecule has 122 valence electrons. The maximum atomic E-state index is 12.2.